The number of aliphatic carboxylic acids is 1. The summed E-state index contributed by atoms with van der Waals surface area (Å²) in [7, 11) is 0. The average molecular weight is 281 g/mol. The van der Waals surface area contributed by atoms with Crippen molar-refractivity contribution < 1.29 is 14.7 Å². The first-order chi connectivity index (χ1) is 9.11. The van der Waals surface area contributed by atoms with Gasteiger partial charge in [0.2, 0.25) is 5.91 Å². The maximum atomic E-state index is 11.8. The van der Waals surface area contributed by atoms with E-state index in [1.54, 1.807) is 0 Å². The number of carbonyl (C=O) groups is 2. The minimum atomic E-state index is -0.880. The van der Waals surface area contributed by atoms with E-state index in [1.165, 1.54) is 11.8 Å². The van der Waals surface area contributed by atoms with Gasteiger partial charge in [0.15, 0.2) is 0 Å². The molecule has 5 heteroatoms. The molecule has 1 aromatic rings. The lowest BCUT2D eigenvalue weighted by Gasteiger charge is -2.15. The predicted octanol–water partition coefficient (Wildman–Crippen LogP) is 2.54. The molecule has 0 aliphatic heterocycles. The summed E-state index contributed by atoms with van der Waals surface area (Å²) in [5.41, 5.74) is 0. The minimum absolute atomic E-state index is 0.0183. The molecule has 1 rings (SSSR count). The molecule has 0 aliphatic carbocycles. The Morgan fingerprint density at radius 2 is 2.00 bits per heavy atom. The van der Waals surface area contributed by atoms with E-state index >= 15 is 0 Å². The third kappa shape index (κ3) is 6.86. The number of carboxylic acid groups (broad SMARTS) is 1. The topological polar surface area (TPSA) is 66.4 Å². The molecule has 1 atom stereocenters. The first-order valence-corrected chi connectivity index (χ1v) is 7.29. The van der Waals surface area contributed by atoms with Crippen molar-refractivity contribution in [3.8, 4) is 0 Å². The summed E-state index contributed by atoms with van der Waals surface area (Å²) in [5.74, 6) is -0.688. The van der Waals surface area contributed by atoms with Crippen LogP contribution in [0.3, 0.4) is 0 Å². The Morgan fingerprint density at radius 3 is 2.58 bits per heavy atom. The normalized spacial score (nSPS) is 11.8. The van der Waals surface area contributed by atoms with Gasteiger partial charge in [0, 0.05) is 10.9 Å². The summed E-state index contributed by atoms with van der Waals surface area (Å²) < 4.78 is 0. The molecule has 0 saturated heterocycles. The second-order valence-electron chi connectivity index (χ2n) is 4.25. The van der Waals surface area contributed by atoms with E-state index in [9.17, 15) is 9.59 Å². The summed E-state index contributed by atoms with van der Waals surface area (Å²) in [6.45, 7) is 1.97. The fraction of sp³-hybridized carbons (Fsp3) is 0.429. The second-order valence-corrected chi connectivity index (χ2v) is 5.30. The zero-order valence-electron chi connectivity index (χ0n) is 11.0. The van der Waals surface area contributed by atoms with Crippen LogP contribution in [0.25, 0.3) is 0 Å². The van der Waals surface area contributed by atoms with Crippen LogP contribution >= 0.6 is 11.8 Å². The SMILES string of the molecule is CCCC(CC(=O)O)NC(=O)CSc1ccccc1. The molecule has 19 heavy (non-hydrogen) atoms. The first-order valence-electron chi connectivity index (χ1n) is 6.30. The third-order valence-electron chi connectivity index (χ3n) is 2.54. The third-order valence-corrected chi connectivity index (χ3v) is 3.55. The van der Waals surface area contributed by atoms with Gasteiger partial charge in [0.05, 0.1) is 12.2 Å². The second kappa shape index (κ2) is 8.58. The van der Waals surface area contributed by atoms with Crippen LogP contribution in [0.5, 0.6) is 0 Å². The van der Waals surface area contributed by atoms with Crippen molar-refractivity contribution in [2.45, 2.75) is 37.1 Å². The highest BCUT2D eigenvalue weighted by Gasteiger charge is 2.15. The Morgan fingerprint density at radius 1 is 1.32 bits per heavy atom. The van der Waals surface area contributed by atoms with Gasteiger partial charge in [0.25, 0.3) is 0 Å². The van der Waals surface area contributed by atoms with E-state index in [2.05, 4.69) is 5.32 Å². The molecule has 0 fully saturated rings. The lowest BCUT2D eigenvalue weighted by Crippen LogP contribution is -2.37. The van der Waals surface area contributed by atoms with Crippen LogP contribution in [0.15, 0.2) is 35.2 Å². The number of thioether (sulfide) groups is 1. The molecule has 1 aromatic carbocycles. The van der Waals surface area contributed by atoms with Gasteiger partial charge >= 0.3 is 5.97 Å². The van der Waals surface area contributed by atoms with Crippen LogP contribution in [0.4, 0.5) is 0 Å². The van der Waals surface area contributed by atoms with Crippen molar-refractivity contribution >= 4 is 23.6 Å². The Bertz CT molecular complexity index is 408. The van der Waals surface area contributed by atoms with E-state index in [4.69, 9.17) is 5.11 Å². The standard InChI is InChI=1S/C14H19NO3S/c1-2-6-11(9-14(17)18)15-13(16)10-19-12-7-4-3-5-8-12/h3-5,7-8,11H,2,6,9-10H2,1H3,(H,15,16)(H,17,18). The van der Waals surface area contributed by atoms with Crippen LogP contribution in [0.2, 0.25) is 0 Å². The highest BCUT2D eigenvalue weighted by atomic mass is 32.2. The van der Waals surface area contributed by atoms with E-state index in [0.717, 1.165) is 11.3 Å². The smallest absolute Gasteiger partial charge is 0.305 e. The lowest BCUT2D eigenvalue weighted by atomic mass is 10.1. The molecule has 0 aliphatic rings. The van der Waals surface area contributed by atoms with E-state index < -0.39 is 5.97 Å². The largest absolute Gasteiger partial charge is 0.481 e. The summed E-state index contributed by atoms with van der Waals surface area (Å²) in [5, 5.41) is 11.6. The lowest BCUT2D eigenvalue weighted by molar-refractivity contribution is -0.137. The van der Waals surface area contributed by atoms with Gasteiger partial charge in [-0.25, -0.2) is 0 Å². The van der Waals surface area contributed by atoms with Crippen molar-refractivity contribution in [2.24, 2.45) is 0 Å². The molecule has 0 heterocycles. The van der Waals surface area contributed by atoms with Crippen LogP contribution in [0.1, 0.15) is 26.2 Å². The maximum absolute atomic E-state index is 11.8. The number of amides is 1. The first kappa shape index (κ1) is 15.6. The van der Waals surface area contributed by atoms with Crippen molar-refractivity contribution in [1.82, 2.24) is 5.32 Å². The number of hydrogen-bond donors (Lipinski definition) is 2. The highest BCUT2D eigenvalue weighted by Crippen LogP contribution is 2.16. The van der Waals surface area contributed by atoms with E-state index in [1.807, 2.05) is 37.3 Å². The molecule has 2 N–H and O–H groups in total. The Hall–Kier alpha value is -1.49. The van der Waals surface area contributed by atoms with Crippen molar-refractivity contribution in [2.75, 3.05) is 5.75 Å². The van der Waals surface area contributed by atoms with Gasteiger partial charge in [-0.2, -0.15) is 0 Å². The number of hydrogen-bond acceptors (Lipinski definition) is 3. The zero-order valence-corrected chi connectivity index (χ0v) is 11.8. The van der Waals surface area contributed by atoms with Crippen LogP contribution in [0, 0.1) is 0 Å². The van der Waals surface area contributed by atoms with Crippen molar-refractivity contribution in [3.63, 3.8) is 0 Å². The van der Waals surface area contributed by atoms with Gasteiger partial charge < -0.3 is 10.4 Å². The van der Waals surface area contributed by atoms with Gasteiger partial charge in [-0.1, -0.05) is 31.5 Å². The summed E-state index contributed by atoms with van der Waals surface area (Å²) in [6, 6.07) is 9.38. The summed E-state index contributed by atoms with van der Waals surface area (Å²) >= 11 is 1.45. The van der Waals surface area contributed by atoms with Crippen LogP contribution < -0.4 is 5.32 Å². The predicted molar refractivity (Wildman–Crippen MR) is 76.3 cm³/mol. The van der Waals surface area contributed by atoms with Gasteiger partial charge in [0.1, 0.15) is 0 Å². The Kier molecular flexibility index (Phi) is 7.03. The number of carbonyl (C=O) groups excluding carboxylic acids is 1. The maximum Gasteiger partial charge on any atom is 0.305 e. The van der Waals surface area contributed by atoms with Crippen LogP contribution in [-0.4, -0.2) is 28.8 Å². The van der Waals surface area contributed by atoms with Crippen LogP contribution in [-0.2, 0) is 9.59 Å². The van der Waals surface area contributed by atoms with Gasteiger partial charge in [-0.05, 0) is 18.6 Å². The molecule has 104 valence electrons. The molecule has 0 saturated carbocycles. The van der Waals surface area contributed by atoms with Crippen molar-refractivity contribution in [3.05, 3.63) is 30.3 Å². The number of nitrogens with one attached hydrogen (secondary N) is 1. The highest BCUT2D eigenvalue weighted by molar-refractivity contribution is 8.00. The van der Waals surface area contributed by atoms with Gasteiger partial charge in [-0.3, -0.25) is 9.59 Å². The fourth-order valence-electron chi connectivity index (χ4n) is 1.72. The molecule has 1 unspecified atom stereocenters. The number of rotatable bonds is 8. The average Bonchev–Trinajstić information content (AvgIpc) is 2.37. The van der Waals surface area contributed by atoms with Gasteiger partial charge in [-0.15, -0.1) is 11.8 Å². The van der Waals surface area contributed by atoms with Crippen molar-refractivity contribution in [1.29, 1.82) is 0 Å². The number of carboxylic acids is 1. The molecule has 4 nitrogen and oxygen atoms in total. The Labute approximate surface area is 117 Å². The zero-order chi connectivity index (χ0) is 14.1. The fourth-order valence-corrected chi connectivity index (χ4v) is 2.45. The molecular weight excluding hydrogens is 262 g/mol. The Balaban J connectivity index is 2.37. The summed E-state index contributed by atoms with van der Waals surface area (Å²) in [4.78, 5) is 23.5. The molecule has 0 bridgehead atoms. The monoisotopic (exact) mass is 281 g/mol. The molecule has 0 aromatic heterocycles. The molecule has 0 spiro atoms. The quantitative estimate of drug-likeness (QED) is 0.719. The summed E-state index contributed by atoms with van der Waals surface area (Å²) in [6.07, 6.45) is 1.52. The molecule has 1 amide bonds. The molecule has 0 radical (unpaired) electrons. The number of benzene rings is 1. The van der Waals surface area contributed by atoms with E-state index in [0.29, 0.717) is 12.2 Å². The molecular formula is C14H19NO3S. The van der Waals surface area contributed by atoms with E-state index in [-0.39, 0.29) is 18.4 Å². The minimum Gasteiger partial charge on any atom is -0.481 e.